The number of benzene rings is 1. The van der Waals surface area contributed by atoms with Gasteiger partial charge in [-0.05, 0) is 36.6 Å². The number of nitriles is 1. The molecule has 3 rings (SSSR count). The first-order valence-electron chi connectivity index (χ1n) is 9.26. The molecule has 1 saturated heterocycles. The van der Waals surface area contributed by atoms with E-state index >= 15 is 0 Å². The van der Waals surface area contributed by atoms with E-state index in [9.17, 15) is 14.9 Å². The molecule has 2 heterocycles. The van der Waals surface area contributed by atoms with Crippen molar-refractivity contribution in [2.45, 2.75) is 31.8 Å². The van der Waals surface area contributed by atoms with Crippen molar-refractivity contribution in [3.63, 3.8) is 0 Å². The summed E-state index contributed by atoms with van der Waals surface area (Å²) in [6, 6.07) is 8.65. The van der Waals surface area contributed by atoms with Gasteiger partial charge in [0.15, 0.2) is 0 Å². The molecule has 1 aromatic heterocycles. The van der Waals surface area contributed by atoms with Crippen LogP contribution in [-0.2, 0) is 9.59 Å². The number of hydrogen-bond acceptors (Lipinski definition) is 6. The molecule has 1 aliphatic rings. The fourth-order valence-electron chi connectivity index (χ4n) is 3.76. The van der Waals surface area contributed by atoms with Gasteiger partial charge in [0.25, 0.3) is 0 Å². The maximum Gasteiger partial charge on any atom is 0.234 e. The van der Waals surface area contributed by atoms with Gasteiger partial charge >= 0.3 is 0 Å². The van der Waals surface area contributed by atoms with Crippen LogP contribution in [-0.4, -0.2) is 42.0 Å². The topological polar surface area (TPSA) is 138 Å². The molecular weight excluding hydrogens is 356 g/mol. The van der Waals surface area contributed by atoms with E-state index in [0.717, 1.165) is 24.0 Å². The van der Waals surface area contributed by atoms with Crippen LogP contribution in [0.25, 0.3) is 10.9 Å². The second kappa shape index (κ2) is 8.23. The van der Waals surface area contributed by atoms with Crippen LogP contribution in [0, 0.1) is 17.2 Å². The molecule has 146 valence electrons. The Morgan fingerprint density at radius 2 is 2.18 bits per heavy atom. The molecule has 0 radical (unpaired) electrons. The average Bonchev–Trinajstić information content (AvgIpc) is 2.66. The second-order valence-electron chi connectivity index (χ2n) is 7.37. The van der Waals surface area contributed by atoms with Gasteiger partial charge in [-0.2, -0.15) is 5.26 Å². The summed E-state index contributed by atoms with van der Waals surface area (Å²) in [6.07, 6.45) is 2.39. The SMILES string of the molecule is C[C@H]1C[C@@H](NC(=O)CC(N)C(N)=O)CN(c2ccc(C#N)c3ncccc23)C1. The number of carbonyl (C=O) groups is 2. The summed E-state index contributed by atoms with van der Waals surface area (Å²) in [6.45, 7) is 3.59. The summed E-state index contributed by atoms with van der Waals surface area (Å²) in [5.41, 5.74) is 12.9. The Bertz CT molecular complexity index is 938. The van der Waals surface area contributed by atoms with Crippen molar-refractivity contribution in [3.8, 4) is 6.07 Å². The zero-order chi connectivity index (χ0) is 20.3. The van der Waals surface area contributed by atoms with Gasteiger partial charge in [-0.25, -0.2) is 0 Å². The lowest BCUT2D eigenvalue weighted by molar-refractivity contribution is -0.126. The van der Waals surface area contributed by atoms with E-state index in [2.05, 4.69) is 28.2 Å². The van der Waals surface area contributed by atoms with E-state index in [1.54, 1.807) is 12.3 Å². The first-order chi connectivity index (χ1) is 13.4. The third kappa shape index (κ3) is 4.21. The van der Waals surface area contributed by atoms with Crippen LogP contribution in [0.2, 0.25) is 0 Å². The molecule has 0 bridgehead atoms. The van der Waals surface area contributed by atoms with Crippen molar-refractivity contribution in [1.29, 1.82) is 5.26 Å². The minimum Gasteiger partial charge on any atom is -0.369 e. The molecule has 0 aliphatic carbocycles. The number of piperidine rings is 1. The number of carbonyl (C=O) groups excluding carboxylic acids is 2. The fraction of sp³-hybridized carbons (Fsp3) is 0.400. The number of pyridine rings is 1. The molecule has 3 atom stereocenters. The van der Waals surface area contributed by atoms with Gasteiger partial charge < -0.3 is 21.7 Å². The third-order valence-electron chi connectivity index (χ3n) is 5.00. The van der Waals surface area contributed by atoms with Crippen molar-refractivity contribution in [3.05, 3.63) is 36.0 Å². The minimum atomic E-state index is -0.981. The van der Waals surface area contributed by atoms with E-state index in [-0.39, 0.29) is 18.4 Å². The van der Waals surface area contributed by atoms with Gasteiger partial charge in [-0.3, -0.25) is 14.6 Å². The number of fused-ring (bicyclic) bond motifs is 1. The van der Waals surface area contributed by atoms with E-state index < -0.39 is 11.9 Å². The Hall–Kier alpha value is -3.18. The van der Waals surface area contributed by atoms with Gasteiger partial charge in [-0.1, -0.05) is 6.92 Å². The first kappa shape index (κ1) is 19.6. The number of amides is 2. The Labute approximate surface area is 163 Å². The van der Waals surface area contributed by atoms with Crippen LogP contribution in [0.5, 0.6) is 0 Å². The largest absolute Gasteiger partial charge is 0.369 e. The van der Waals surface area contributed by atoms with Crippen LogP contribution >= 0.6 is 0 Å². The number of nitrogens with two attached hydrogens (primary N) is 2. The fourth-order valence-corrected chi connectivity index (χ4v) is 3.76. The number of rotatable bonds is 5. The molecule has 2 amide bonds. The lowest BCUT2D eigenvalue weighted by atomic mass is 9.94. The Morgan fingerprint density at radius 1 is 1.39 bits per heavy atom. The number of aromatic nitrogens is 1. The van der Waals surface area contributed by atoms with Crippen molar-refractivity contribution in [2.24, 2.45) is 17.4 Å². The highest BCUT2D eigenvalue weighted by Gasteiger charge is 2.28. The number of primary amides is 1. The highest BCUT2D eigenvalue weighted by atomic mass is 16.2. The molecule has 8 nitrogen and oxygen atoms in total. The van der Waals surface area contributed by atoms with Crippen molar-refractivity contribution in [1.82, 2.24) is 10.3 Å². The number of hydrogen-bond donors (Lipinski definition) is 3. The quantitative estimate of drug-likeness (QED) is 0.696. The zero-order valence-corrected chi connectivity index (χ0v) is 15.8. The highest BCUT2D eigenvalue weighted by Crippen LogP contribution is 2.31. The number of nitrogens with one attached hydrogen (secondary N) is 1. The van der Waals surface area contributed by atoms with Gasteiger partial charge in [0.1, 0.15) is 6.07 Å². The lowest BCUT2D eigenvalue weighted by Gasteiger charge is -2.38. The summed E-state index contributed by atoms with van der Waals surface area (Å²) in [5, 5.41) is 13.2. The summed E-state index contributed by atoms with van der Waals surface area (Å²) in [4.78, 5) is 29.9. The molecule has 1 fully saturated rings. The molecule has 1 aromatic carbocycles. The smallest absolute Gasteiger partial charge is 0.234 e. The normalized spacial score (nSPS) is 20.4. The molecule has 0 saturated carbocycles. The summed E-state index contributed by atoms with van der Waals surface area (Å²) < 4.78 is 0. The van der Waals surface area contributed by atoms with E-state index in [1.807, 2.05) is 18.2 Å². The maximum atomic E-state index is 12.2. The molecular formula is C20H24N6O2. The first-order valence-corrected chi connectivity index (χ1v) is 9.26. The van der Waals surface area contributed by atoms with E-state index in [0.29, 0.717) is 23.5 Å². The average molecular weight is 380 g/mol. The molecule has 1 aliphatic heterocycles. The molecule has 5 N–H and O–H groups in total. The summed E-state index contributed by atoms with van der Waals surface area (Å²) >= 11 is 0. The number of nitrogens with zero attached hydrogens (tertiary/aromatic N) is 3. The number of anilines is 1. The maximum absolute atomic E-state index is 12.2. The van der Waals surface area contributed by atoms with Crippen LogP contribution in [0.15, 0.2) is 30.5 Å². The van der Waals surface area contributed by atoms with Crippen LogP contribution < -0.4 is 21.7 Å². The minimum absolute atomic E-state index is 0.0707. The van der Waals surface area contributed by atoms with Crippen molar-refractivity contribution >= 4 is 28.4 Å². The van der Waals surface area contributed by atoms with Gasteiger partial charge in [0.05, 0.1) is 23.5 Å². The predicted molar refractivity (Wildman–Crippen MR) is 106 cm³/mol. The molecule has 8 heteroatoms. The van der Waals surface area contributed by atoms with Crippen LogP contribution in [0.4, 0.5) is 5.69 Å². The molecule has 0 spiro atoms. The monoisotopic (exact) mass is 380 g/mol. The molecule has 2 aromatic rings. The third-order valence-corrected chi connectivity index (χ3v) is 5.00. The zero-order valence-electron chi connectivity index (χ0n) is 15.8. The Morgan fingerprint density at radius 3 is 2.89 bits per heavy atom. The van der Waals surface area contributed by atoms with Gasteiger partial charge in [-0.15, -0.1) is 0 Å². The van der Waals surface area contributed by atoms with Gasteiger partial charge in [0, 0.05) is 36.4 Å². The Balaban J connectivity index is 1.80. The van der Waals surface area contributed by atoms with Gasteiger partial charge in [0.2, 0.25) is 11.8 Å². The molecule has 28 heavy (non-hydrogen) atoms. The molecule has 1 unspecified atom stereocenters. The van der Waals surface area contributed by atoms with E-state index in [1.165, 1.54) is 0 Å². The summed E-state index contributed by atoms with van der Waals surface area (Å²) in [5.74, 6) is -0.617. The van der Waals surface area contributed by atoms with Crippen molar-refractivity contribution in [2.75, 3.05) is 18.0 Å². The standard InChI is InChI=1S/C20H24N6O2/c1-12-7-14(25-18(27)8-16(22)20(23)28)11-26(10-12)17-5-4-13(9-21)19-15(17)3-2-6-24-19/h2-6,12,14,16H,7-8,10-11,22H2,1H3,(H2,23,28)(H,25,27)/t12-,14+,16?/m0/s1. The second-order valence-corrected chi connectivity index (χ2v) is 7.37. The highest BCUT2D eigenvalue weighted by molar-refractivity contribution is 5.95. The van der Waals surface area contributed by atoms with Crippen LogP contribution in [0.3, 0.4) is 0 Å². The predicted octanol–water partition coefficient (Wildman–Crippen LogP) is 0.640. The van der Waals surface area contributed by atoms with Crippen molar-refractivity contribution < 1.29 is 9.59 Å². The van der Waals surface area contributed by atoms with E-state index in [4.69, 9.17) is 11.5 Å². The lowest BCUT2D eigenvalue weighted by Crippen LogP contribution is -2.52. The summed E-state index contributed by atoms with van der Waals surface area (Å²) in [7, 11) is 0. The Kier molecular flexibility index (Phi) is 5.76. The van der Waals surface area contributed by atoms with Crippen LogP contribution in [0.1, 0.15) is 25.3 Å².